The number of hydrogen-bond donors (Lipinski definition) is 2. The first-order valence-corrected chi connectivity index (χ1v) is 7.57. The number of nitrogens with zero attached hydrogens (tertiary/aromatic N) is 1. The maximum Gasteiger partial charge on any atom is 0.0558 e. The van der Waals surface area contributed by atoms with E-state index in [0.29, 0.717) is 0 Å². The van der Waals surface area contributed by atoms with E-state index in [1.165, 1.54) is 0 Å². The van der Waals surface area contributed by atoms with Crippen molar-refractivity contribution in [3.05, 3.63) is 0 Å². The average molecular weight is 272 g/mol. The van der Waals surface area contributed by atoms with Crippen molar-refractivity contribution < 1.29 is 9.84 Å². The summed E-state index contributed by atoms with van der Waals surface area (Å²) in [5, 5.41) is 12.8. The van der Waals surface area contributed by atoms with Gasteiger partial charge < -0.3 is 20.1 Å². The first-order chi connectivity index (χ1) is 8.91. The first-order valence-electron chi connectivity index (χ1n) is 7.57. The lowest BCUT2D eigenvalue weighted by Crippen LogP contribution is -2.51. The van der Waals surface area contributed by atoms with Gasteiger partial charge in [-0.15, -0.1) is 0 Å². The molecule has 1 aliphatic rings. The van der Waals surface area contributed by atoms with Crippen LogP contribution in [0, 0.1) is 5.41 Å². The Labute approximate surface area is 118 Å². The van der Waals surface area contributed by atoms with Crippen LogP contribution in [0.3, 0.4) is 0 Å². The molecule has 1 fully saturated rings. The normalized spacial score (nSPS) is 19.9. The van der Waals surface area contributed by atoms with Gasteiger partial charge in [0.05, 0.1) is 6.61 Å². The Hall–Kier alpha value is -0.160. The smallest absolute Gasteiger partial charge is 0.0558 e. The molecule has 0 saturated carbocycles. The number of nitrogens with one attached hydrogen (secondary N) is 1. The Kier molecular flexibility index (Phi) is 6.74. The van der Waals surface area contributed by atoms with E-state index >= 15 is 0 Å². The van der Waals surface area contributed by atoms with Gasteiger partial charge >= 0.3 is 0 Å². The summed E-state index contributed by atoms with van der Waals surface area (Å²) in [7, 11) is 0. The zero-order valence-corrected chi connectivity index (χ0v) is 13.2. The number of likely N-dealkylation sites (N-methyl/N-ethyl adjacent to an activating group) is 1. The summed E-state index contributed by atoms with van der Waals surface area (Å²) in [5.74, 6) is 0. The lowest BCUT2D eigenvalue weighted by atomic mass is 9.79. The fourth-order valence-corrected chi connectivity index (χ4v) is 2.61. The highest BCUT2D eigenvalue weighted by molar-refractivity contribution is 4.89. The second-order valence-electron chi connectivity index (χ2n) is 6.81. The monoisotopic (exact) mass is 272 g/mol. The predicted molar refractivity (Wildman–Crippen MR) is 79.4 cm³/mol. The summed E-state index contributed by atoms with van der Waals surface area (Å²) in [5.41, 5.74) is 0.441. The van der Waals surface area contributed by atoms with Crippen molar-refractivity contribution in [1.29, 1.82) is 0 Å². The molecule has 4 heteroatoms. The van der Waals surface area contributed by atoms with Gasteiger partial charge in [-0.05, 0) is 45.6 Å². The van der Waals surface area contributed by atoms with E-state index in [0.717, 1.165) is 52.2 Å². The number of aliphatic hydroxyl groups excluding tert-OH is 1. The molecule has 1 rings (SSSR count). The lowest BCUT2D eigenvalue weighted by molar-refractivity contribution is -0.00831. The molecule has 0 aliphatic carbocycles. The fourth-order valence-electron chi connectivity index (χ4n) is 2.61. The largest absolute Gasteiger partial charge is 0.395 e. The van der Waals surface area contributed by atoms with Gasteiger partial charge in [-0.1, -0.05) is 6.92 Å². The average Bonchev–Trinajstić information content (AvgIpc) is 2.36. The Morgan fingerprint density at radius 2 is 1.89 bits per heavy atom. The van der Waals surface area contributed by atoms with Crippen LogP contribution in [0.1, 0.15) is 40.5 Å². The van der Waals surface area contributed by atoms with Gasteiger partial charge in [-0.25, -0.2) is 0 Å². The molecular weight excluding hydrogens is 240 g/mol. The van der Waals surface area contributed by atoms with E-state index in [2.05, 4.69) is 37.9 Å². The third-order valence-electron chi connectivity index (χ3n) is 3.97. The predicted octanol–water partition coefficient (Wildman–Crippen LogP) is 1.49. The summed E-state index contributed by atoms with van der Waals surface area (Å²) in [6, 6.07) is 0. The van der Waals surface area contributed by atoms with Crippen molar-refractivity contribution in [1.82, 2.24) is 10.2 Å². The molecule has 0 aromatic carbocycles. The van der Waals surface area contributed by atoms with Gasteiger partial charge in [-0.3, -0.25) is 0 Å². The molecule has 0 amide bonds. The Morgan fingerprint density at radius 1 is 1.26 bits per heavy atom. The molecule has 0 aromatic heterocycles. The van der Waals surface area contributed by atoms with Crippen LogP contribution < -0.4 is 5.32 Å². The molecule has 1 aliphatic heterocycles. The van der Waals surface area contributed by atoms with Crippen molar-refractivity contribution in [3.63, 3.8) is 0 Å². The zero-order chi connectivity index (χ0) is 14.4. The van der Waals surface area contributed by atoms with Crippen LogP contribution in [-0.4, -0.2) is 61.5 Å². The molecule has 0 radical (unpaired) electrons. The van der Waals surface area contributed by atoms with Crippen molar-refractivity contribution in [2.24, 2.45) is 5.41 Å². The van der Waals surface area contributed by atoms with Crippen molar-refractivity contribution in [3.8, 4) is 0 Å². The molecule has 0 bridgehead atoms. The van der Waals surface area contributed by atoms with Gasteiger partial charge in [0.15, 0.2) is 0 Å². The van der Waals surface area contributed by atoms with Crippen molar-refractivity contribution in [2.45, 2.75) is 46.1 Å². The van der Waals surface area contributed by atoms with Gasteiger partial charge in [-0.2, -0.15) is 0 Å². The summed E-state index contributed by atoms with van der Waals surface area (Å²) in [6.07, 6.45) is 2.22. The first kappa shape index (κ1) is 16.9. The molecule has 19 heavy (non-hydrogen) atoms. The van der Waals surface area contributed by atoms with Crippen LogP contribution in [-0.2, 0) is 4.74 Å². The third kappa shape index (κ3) is 6.21. The number of hydrogen-bond acceptors (Lipinski definition) is 4. The maximum absolute atomic E-state index is 9.16. The maximum atomic E-state index is 9.16. The van der Waals surface area contributed by atoms with E-state index in [1.807, 2.05) is 0 Å². The molecule has 1 heterocycles. The van der Waals surface area contributed by atoms with E-state index in [9.17, 15) is 0 Å². The summed E-state index contributed by atoms with van der Waals surface area (Å²) < 4.78 is 5.54. The van der Waals surface area contributed by atoms with Crippen molar-refractivity contribution in [2.75, 3.05) is 46.0 Å². The standard InChI is InChI=1S/C15H32N2O2/c1-5-17(8-9-18)13-15(6-10-19-11-7-15)12-16-14(2,3)4/h16,18H,5-13H2,1-4H3. The SMILES string of the molecule is CCN(CCO)CC1(CNC(C)(C)C)CCOCC1. The van der Waals surface area contributed by atoms with Gasteiger partial charge in [0.1, 0.15) is 0 Å². The third-order valence-corrected chi connectivity index (χ3v) is 3.97. The van der Waals surface area contributed by atoms with Crippen LogP contribution in [0.15, 0.2) is 0 Å². The fraction of sp³-hybridized carbons (Fsp3) is 1.00. The number of aliphatic hydroxyl groups is 1. The van der Waals surface area contributed by atoms with E-state index in [1.54, 1.807) is 0 Å². The second-order valence-corrected chi connectivity index (χ2v) is 6.81. The molecule has 0 unspecified atom stereocenters. The van der Waals surface area contributed by atoms with Gasteiger partial charge in [0, 0.05) is 38.4 Å². The molecule has 0 aromatic rings. The van der Waals surface area contributed by atoms with Gasteiger partial charge in [0.25, 0.3) is 0 Å². The van der Waals surface area contributed by atoms with Crippen LogP contribution in [0.5, 0.6) is 0 Å². The van der Waals surface area contributed by atoms with Crippen LogP contribution in [0.4, 0.5) is 0 Å². The Morgan fingerprint density at radius 3 is 2.37 bits per heavy atom. The summed E-state index contributed by atoms with van der Waals surface area (Å²) in [6.45, 7) is 14.6. The minimum atomic E-state index is 0.152. The molecule has 0 atom stereocenters. The minimum Gasteiger partial charge on any atom is -0.395 e. The molecule has 4 nitrogen and oxygen atoms in total. The van der Waals surface area contributed by atoms with Crippen LogP contribution in [0.2, 0.25) is 0 Å². The molecule has 2 N–H and O–H groups in total. The van der Waals surface area contributed by atoms with Crippen molar-refractivity contribution >= 4 is 0 Å². The molecule has 1 saturated heterocycles. The molecule has 114 valence electrons. The summed E-state index contributed by atoms with van der Waals surface area (Å²) in [4.78, 5) is 2.36. The number of rotatable bonds is 7. The van der Waals surface area contributed by atoms with E-state index < -0.39 is 0 Å². The Bertz CT molecular complexity index is 245. The van der Waals surface area contributed by atoms with Crippen LogP contribution >= 0.6 is 0 Å². The quantitative estimate of drug-likeness (QED) is 0.737. The summed E-state index contributed by atoms with van der Waals surface area (Å²) >= 11 is 0. The zero-order valence-electron chi connectivity index (χ0n) is 13.2. The number of ether oxygens (including phenoxy) is 1. The highest BCUT2D eigenvalue weighted by Crippen LogP contribution is 2.31. The van der Waals surface area contributed by atoms with Crippen LogP contribution in [0.25, 0.3) is 0 Å². The Balaban J connectivity index is 2.63. The lowest BCUT2D eigenvalue weighted by Gasteiger charge is -2.42. The highest BCUT2D eigenvalue weighted by atomic mass is 16.5. The van der Waals surface area contributed by atoms with E-state index in [4.69, 9.17) is 9.84 Å². The minimum absolute atomic E-state index is 0.152. The topological polar surface area (TPSA) is 44.7 Å². The van der Waals surface area contributed by atoms with E-state index in [-0.39, 0.29) is 17.6 Å². The second kappa shape index (κ2) is 7.58. The van der Waals surface area contributed by atoms with Gasteiger partial charge in [0.2, 0.25) is 0 Å². The molecular formula is C15H32N2O2. The molecule has 0 spiro atoms. The highest BCUT2D eigenvalue weighted by Gasteiger charge is 2.34.